The van der Waals surface area contributed by atoms with Crippen molar-refractivity contribution in [2.24, 2.45) is 21.7 Å². The van der Waals surface area contributed by atoms with Gasteiger partial charge in [0.1, 0.15) is 5.75 Å². The molecule has 0 saturated carbocycles. The van der Waals surface area contributed by atoms with Gasteiger partial charge in [-0.25, -0.2) is 0 Å². The maximum atomic E-state index is 5.17. The minimum Gasteiger partial charge on any atom is -0.497 e. The average Bonchev–Trinajstić information content (AvgIpc) is 2.26. The summed E-state index contributed by atoms with van der Waals surface area (Å²) in [5, 5.41) is 7.44. The molecule has 0 radical (unpaired) electrons. The van der Waals surface area contributed by atoms with Crippen molar-refractivity contribution in [2.45, 2.75) is 6.92 Å². The zero-order valence-electron chi connectivity index (χ0n) is 8.77. The highest BCUT2D eigenvalue weighted by Gasteiger charge is 1.98. The lowest BCUT2D eigenvalue weighted by Crippen LogP contribution is -2.22. The van der Waals surface area contributed by atoms with Crippen LogP contribution in [0.2, 0.25) is 0 Å². The van der Waals surface area contributed by atoms with E-state index in [0.29, 0.717) is 0 Å². The predicted octanol–water partition coefficient (Wildman–Crippen LogP) is 0.693. The molecule has 0 aliphatic carbocycles. The molecule has 0 aliphatic heterocycles. The summed E-state index contributed by atoms with van der Waals surface area (Å²) in [5.41, 5.74) is 12.0. The quantitative estimate of drug-likeness (QED) is 0.433. The smallest absolute Gasteiger partial charge is 0.211 e. The van der Waals surface area contributed by atoms with Crippen molar-refractivity contribution in [3.63, 3.8) is 0 Å². The second-order valence-corrected chi connectivity index (χ2v) is 2.94. The minimum atomic E-state index is -0.0581. The van der Waals surface area contributed by atoms with Crippen molar-refractivity contribution < 1.29 is 4.74 Å². The van der Waals surface area contributed by atoms with E-state index in [0.717, 1.165) is 17.0 Å². The lowest BCUT2D eigenvalue weighted by Gasteiger charge is -2.02. The van der Waals surface area contributed by atoms with Gasteiger partial charge in [-0.15, -0.1) is 5.10 Å². The molecule has 1 aromatic rings. The van der Waals surface area contributed by atoms with E-state index in [4.69, 9.17) is 16.2 Å². The molecule has 0 heterocycles. The molecule has 15 heavy (non-hydrogen) atoms. The van der Waals surface area contributed by atoms with Crippen molar-refractivity contribution in [3.05, 3.63) is 29.8 Å². The first-order valence-electron chi connectivity index (χ1n) is 4.41. The summed E-state index contributed by atoms with van der Waals surface area (Å²) in [6, 6.07) is 7.50. The Hall–Kier alpha value is -2.04. The van der Waals surface area contributed by atoms with Crippen LogP contribution < -0.4 is 16.2 Å². The summed E-state index contributed by atoms with van der Waals surface area (Å²) in [4.78, 5) is 0. The molecule has 0 saturated heterocycles. The summed E-state index contributed by atoms with van der Waals surface area (Å²) in [5.74, 6) is 0.712. The van der Waals surface area contributed by atoms with Crippen molar-refractivity contribution in [2.75, 3.05) is 7.11 Å². The van der Waals surface area contributed by atoms with E-state index in [1.807, 2.05) is 31.2 Å². The Morgan fingerprint density at radius 2 is 2.00 bits per heavy atom. The number of ether oxygens (including phenoxy) is 1. The van der Waals surface area contributed by atoms with E-state index in [9.17, 15) is 0 Å². The number of rotatable bonds is 3. The summed E-state index contributed by atoms with van der Waals surface area (Å²) >= 11 is 0. The highest BCUT2D eigenvalue weighted by atomic mass is 16.5. The Bertz CT molecular complexity index is 394. The fourth-order valence-electron chi connectivity index (χ4n) is 1.04. The van der Waals surface area contributed by atoms with Gasteiger partial charge in [0.05, 0.1) is 12.8 Å². The van der Waals surface area contributed by atoms with E-state index in [-0.39, 0.29) is 5.96 Å². The Morgan fingerprint density at radius 3 is 2.60 bits per heavy atom. The van der Waals surface area contributed by atoms with Crippen molar-refractivity contribution in [1.82, 2.24) is 0 Å². The van der Waals surface area contributed by atoms with Gasteiger partial charge in [0, 0.05) is 5.56 Å². The Balaban J connectivity index is 2.95. The Morgan fingerprint density at radius 1 is 1.27 bits per heavy atom. The molecule has 0 fully saturated rings. The molecule has 0 amide bonds. The topological polar surface area (TPSA) is 86.0 Å². The molecular formula is C10H14N4O. The average molecular weight is 206 g/mol. The molecule has 0 aromatic heterocycles. The standard InChI is InChI=1S/C10H14N4O/c1-7(13-14-10(11)12)8-4-3-5-9(6-8)15-2/h3-6H,1-2H3,(H4,11,12,14). The normalized spacial score (nSPS) is 10.9. The zero-order valence-corrected chi connectivity index (χ0v) is 8.77. The van der Waals surface area contributed by atoms with Gasteiger partial charge < -0.3 is 16.2 Å². The van der Waals surface area contributed by atoms with Crippen LogP contribution >= 0.6 is 0 Å². The fraction of sp³-hybridized carbons (Fsp3) is 0.200. The number of methoxy groups -OCH3 is 1. The first-order valence-corrected chi connectivity index (χ1v) is 4.41. The van der Waals surface area contributed by atoms with E-state index < -0.39 is 0 Å². The monoisotopic (exact) mass is 206 g/mol. The summed E-state index contributed by atoms with van der Waals surface area (Å²) in [6.07, 6.45) is 0. The highest BCUT2D eigenvalue weighted by Crippen LogP contribution is 2.13. The summed E-state index contributed by atoms with van der Waals surface area (Å²) < 4.78 is 5.09. The van der Waals surface area contributed by atoms with Gasteiger partial charge >= 0.3 is 0 Å². The molecule has 5 heteroatoms. The van der Waals surface area contributed by atoms with Gasteiger partial charge in [-0.2, -0.15) is 5.10 Å². The largest absolute Gasteiger partial charge is 0.497 e. The van der Waals surface area contributed by atoms with E-state index in [1.54, 1.807) is 7.11 Å². The fourth-order valence-corrected chi connectivity index (χ4v) is 1.04. The molecule has 0 bridgehead atoms. The van der Waals surface area contributed by atoms with Crippen LogP contribution in [-0.2, 0) is 0 Å². The van der Waals surface area contributed by atoms with Gasteiger partial charge in [-0.1, -0.05) is 12.1 Å². The van der Waals surface area contributed by atoms with Crippen LogP contribution in [-0.4, -0.2) is 18.8 Å². The van der Waals surface area contributed by atoms with Crippen LogP contribution in [0, 0.1) is 0 Å². The van der Waals surface area contributed by atoms with E-state index in [1.165, 1.54) is 0 Å². The molecular weight excluding hydrogens is 192 g/mol. The van der Waals surface area contributed by atoms with Crippen LogP contribution in [0.4, 0.5) is 0 Å². The first kappa shape index (κ1) is 11.0. The SMILES string of the molecule is COc1cccc(C(C)=NN=C(N)N)c1. The number of benzene rings is 1. The number of hydrogen-bond acceptors (Lipinski definition) is 3. The molecule has 0 atom stereocenters. The highest BCUT2D eigenvalue weighted by molar-refractivity contribution is 5.99. The Labute approximate surface area is 88.4 Å². The van der Waals surface area contributed by atoms with Crippen LogP contribution in [0.5, 0.6) is 5.75 Å². The maximum absolute atomic E-state index is 5.17. The van der Waals surface area contributed by atoms with E-state index in [2.05, 4.69) is 10.2 Å². The van der Waals surface area contributed by atoms with Gasteiger partial charge in [0.2, 0.25) is 5.96 Å². The third-order valence-corrected chi connectivity index (χ3v) is 1.80. The van der Waals surface area contributed by atoms with E-state index >= 15 is 0 Å². The van der Waals surface area contributed by atoms with Crippen LogP contribution in [0.15, 0.2) is 34.5 Å². The number of guanidine groups is 1. The van der Waals surface area contributed by atoms with Crippen LogP contribution in [0.25, 0.3) is 0 Å². The van der Waals surface area contributed by atoms with Gasteiger partial charge in [0.15, 0.2) is 0 Å². The second-order valence-electron chi connectivity index (χ2n) is 2.94. The van der Waals surface area contributed by atoms with Gasteiger partial charge in [0.25, 0.3) is 0 Å². The molecule has 5 nitrogen and oxygen atoms in total. The molecule has 1 aromatic carbocycles. The lowest BCUT2D eigenvalue weighted by molar-refractivity contribution is 0.414. The maximum Gasteiger partial charge on any atom is 0.211 e. The number of nitrogens with two attached hydrogens (primary N) is 2. The molecule has 0 unspecified atom stereocenters. The molecule has 0 spiro atoms. The van der Waals surface area contributed by atoms with Crippen LogP contribution in [0.1, 0.15) is 12.5 Å². The third kappa shape index (κ3) is 3.30. The third-order valence-electron chi connectivity index (χ3n) is 1.80. The minimum absolute atomic E-state index is 0.0581. The number of nitrogens with zero attached hydrogens (tertiary/aromatic N) is 2. The predicted molar refractivity (Wildman–Crippen MR) is 61.0 cm³/mol. The van der Waals surface area contributed by atoms with Crippen molar-refractivity contribution in [3.8, 4) is 5.75 Å². The van der Waals surface area contributed by atoms with Crippen LogP contribution in [0.3, 0.4) is 0 Å². The lowest BCUT2D eigenvalue weighted by atomic mass is 10.1. The number of hydrogen-bond donors (Lipinski definition) is 2. The molecule has 1 rings (SSSR count). The van der Waals surface area contributed by atoms with Gasteiger partial charge in [-0.3, -0.25) is 0 Å². The van der Waals surface area contributed by atoms with Gasteiger partial charge in [-0.05, 0) is 19.1 Å². The zero-order chi connectivity index (χ0) is 11.3. The Kier molecular flexibility index (Phi) is 3.68. The summed E-state index contributed by atoms with van der Waals surface area (Å²) in [7, 11) is 1.61. The molecule has 4 N–H and O–H groups in total. The summed E-state index contributed by atoms with van der Waals surface area (Å²) in [6.45, 7) is 1.82. The van der Waals surface area contributed by atoms with Crippen molar-refractivity contribution >= 4 is 11.7 Å². The molecule has 80 valence electrons. The molecule has 0 aliphatic rings. The second kappa shape index (κ2) is 4.99. The van der Waals surface area contributed by atoms with Crippen molar-refractivity contribution in [1.29, 1.82) is 0 Å². The first-order chi connectivity index (χ1) is 7.13.